The minimum absolute atomic E-state index is 0.138. The second kappa shape index (κ2) is 6.14. The van der Waals surface area contributed by atoms with Crippen molar-refractivity contribution < 1.29 is 4.74 Å². The van der Waals surface area contributed by atoms with Crippen molar-refractivity contribution in [3.05, 3.63) is 24.2 Å². The number of nitrogen functional groups attached to an aromatic ring is 2. The number of morpholine rings is 1. The van der Waals surface area contributed by atoms with E-state index in [9.17, 15) is 0 Å². The molecule has 1 aliphatic rings. The van der Waals surface area contributed by atoms with Crippen LogP contribution in [0.1, 0.15) is 19.7 Å². The molecule has 0 radical (unpaired) electrons. The van der Waals surface area contributed by atoms with Crippen LogP contribution in [0.15, 0.2) is 18.3 Å². The molecule has 1 saturated heterocycles. The van der Waals surface area contributed by atoms with Crippen LogP contribution in [0.5, 0.6) is 0 Å². The van der Waals surface area contributed by atoms with Crippen molar-refractivity contribution in [3.63, 3.8) is 0 Å². The smallest absolute Gasteiger partial charge is 0.143 e. The number of anilines is 3. The number of pyridine rings is 1. The molecule has 2 atom stereocenters. The zero-order chi connectivity index (χ0) is 18.4. The van der Waals surface area contributed by atoms with Crippen LogP contribution in [0.4, 0.5) is 17.5 Å². The maximum Gasteiger partial charge on any atom is 0.143 e. The van der Waals surface area contributed by atoms with E-state index in [-0.39, 0.29) is 12.2 Å². The van der Waals surface area contributed by atoms with Crippen molar-refractivity contribution in [1.29, 1.82) is 0 Å². The number of nitrogens with two attached hydrogens (primary N) is 2. The summed E-state index contributed by atoms with van der Waals surface area (Å²) in [6.45, 7) is 7.62. The maximum atomic E-state index is 5.89. The molecule has 0 aliphatic carbocycles. The number of aromatic nitrogens is 4. The minimum atomic E-state index is 0.138. The van der Waals surface area contributed by atoms with Gasteiger partial charge in [-0.1, -0.05) is 0 Å². The molecule has 0 unspecified atom stereocenters. The second-order valence-electron chi connectivity index (χ2n) is 6.89. The molecular weight excluding hydrogens is 330 g/mol. The van der Waals surface area contributed by atoms with Crippen molar-refractivity contribution in [3.8, 4) is 11.1 Å². The Bertz CT molecular complexity index is 937. The Kier molecular flexibility index (Phi) is 3.91. The minimum Gasteiger partial charge on any atom is -0.384 e. The number of ether oxygens (including phenoxy) is 1. The van der Waals surface area contributed by atoms with Gasteiger partial charge in [-0.25, -0.2) is 15.0 Å². The standard InChI is InChI=1S/C18H23N7O/c1-9-7-25(8-10(2)26-9)18-16-13(6-21-17(16)22-11(3)23-18)12-4-14(19)24-15(20)5-12/h4-6,9-10H,7-8H2,1-3H3,(H4,19,20,24)(H,21,22,23)/t9-,10+. The molecular formula is C18H23N7O. The number of nitrogens with zero attached hydrogens (tertiary/aromatic N) is 4. The first kappa shape index (κ1) is 16.6. The fourth-order valence-electron chi connectivity index (χ4n) is 3.66. The number of rotatable bonds is 2. The average molecular weight is 353 g/mol. The Hall–Kier alpha value is -2.87. The molecule has 0 spiro atoms. The van der Waals surface area contributed by atoms with E-state index in [0.29, 0.717) is 11.6 Å². The summed E-state index contributed by atoms with van der Waals surface area (Å²) in [4.78, 5) is 18.9. The average Bonchev–Trinajstić information content (AvgIpc) is 2.95. The van der Waals surface area contributed by atoms with Crippen LogP contribution in [0, 0.1) is 6.92 Å². The Morgan fingerprint density at radius 3 is 2.38 bits per heavy atom. The van der Waals surface area contributed by atoms with Crippen LogP contribution in [0.2, 0.25) is 0 Å². The SMILES string of the molecule is Cc1nc(N2C[C@@H](C)O[C@@H](C)C2)c2c(-c3cc(N)nc(N)c3)c[nH]c2n1. The lowest BCUT2D eigenvalue weighted by Crippen LogP contribution is -2.46. The highest BCUT2D eigenvalue weighted by Gasteiger charge is 2.26. The van der Waals surface area contributed by atoms with E-state index in [1.807, 2.05) is 25.3 Å². The Morgan fingerprint density at radius 1 is 1.08 bits per heavy atom. The van der Waals surface area contributed by atoms with Gasteiger partial charge >= 0.3 is 0 Å². The maximum absolute atomic E-state index is 5.89. The predicted octanol–water partition coefficient (Wildman–Crippen LogP) is 2.11. The van der Waals surface area contributed by atoms with Crippen LogP contribution in [-0.4, -0.2) is 45.2 Å². The molecule has 1 aliphatic heterocycles. The molecule has 0 bridgehead atoms. The topological polar surface area (TPSA) is 119 Å². The second-order valence-corrected chi connectivity index (χ2v) is 6.89. The van der Waals surface area contributed by atoms with Gasteiger partial charge in [0.2, 0.25) is 0 Å². The highest BCUT2D eigenvalue weighted by atomic mass is 16.5. The number of hydrogen-bond acceptors (Lipinski definition) is 7. The number of nitrogens with one attached hydrogen (secondary N) is 1. The molecule has 3 aromatic heterocycles. The van der Waals surface area contributed by atoms with E-state index >= 15 is 0 Å². The highest BCUT2D eigenvalue weighted by molar-refractivity contribution is 6.01. The first-order chi connectivity index (χ1) is 12.4. The van der Waals surface area contributed by atoms with E-state index in [2.05, 4.69) is 33.7 Å². The van der Waals surface area contributed by atoms with E-state index in [0.717, 1.165) is 46.9 Å². The summed E-state index contributed by atoms with van der Waals surface area (Å²) in [5, 5.41) is 0.960. The molecule has 4 heterocycles. The van der Waals surface area contributed by atoms with Gasteiger partial charge in [0.25, 0.3) is 0 Å². The van der Waals surface area contributed by atoms with Gasteiger partial charge in [-0.2, -0.15) is 0 Å². The van der Waals surface area contributed by atoms with Crippen molar-refractivity contribution >= 4 is 28.5 Å². The fraction of sp³-hybridized carbons (Fsp3) is 0.389. The number of aromatic amines is 1. The van der Waals surface area contributed by atoms with Gasteiger partial charge < -0.3 is 26.1 Å². The molecule has 0 amide bonds. The molecule has 8 nitrogen and oxygen atoms in total. The lowest BCUT2D eigenvalue weighted by molar-refractivity contribution is -0.00538. The number of fused-ring (bicyclic) bond motifs is 1. The van der Waals surface area contributed by atoms with Crippen LogP contribution < -0.4 is 16.4 Å². The Labute approximate surface area is 151 Å². The largest absolute Gasteiger partial charge is 0.384 e. The lowest BCUT2D eigenvalue weighted by atomic mass is 10.1. The third-order valence-electron chi connectivity index (χ3n) is 4.52. The van der Waals surface area contributed by atoms with Crippen molar-refractivity contribution in [2.45, 2.75) is 33.0 Å². The van der Waals surface area contributed by atoms with Crippen LogP contribution in [0.25, 0.3) is 22.2 Å². The molecule has 5 N–H and O–H groups in total. The van der Waals surface area contributed by atoms with E-state index in [1.54, 1.807) is 0 Å². The van der Waals surface area contributed by atoms with E-state index in [1.165, 1.54) is 0 Å². The van der Waals surface area contributed by atoms with Gasteiger partial charge in [0.05, 0.1) is 17.6 Å². The highest BCUT2D eigenvalue weighted by Crippen LogP contribution is 2.36. The third-order valence-corrected chi connectivity index (χ3v) is 4.52. The number of H-pyrrole nitrogens is 1. The van der Waals surface area contributed by atoms with Crippen LogP contribution >= 0.6 is 0 Å². The number of aryl methyl sites for hydroxylation is 1. The van der Waals surface area contributed by atoms with Gasteiger partial charge in [0, 0.05) is 24.8 Å². The molecule has 1 fully saturated rings. The van der Waals surface area contributed by atoms with Crippen LogP contribution in [0.3, 0.4) is 0 Å². The zero-order valence-corrected chi connectivity index (χ0v) is 15.2. The first-order valence-corrected chi connectivity index (χ1v) is 8.70. The summed E-state index contributed by atoms with van der Waals surface area (Å²) in [6, 6.07) is 3.63. The molecule has 3 aromatic rings. The molecule has 0 saturated carbocycles. The summed E-state index contributed by atoms with van der Waals surface area (Å²) >= 11 is 0. The molecule has 136 valence electrons. The molecule has 8 heteroatoms. The first-order valence-electron chi connectivity index (χ1n) is 8.70. The monoisotopic (exact) mass is 353 g/mol. The fourth-order valence-corrected chi connectivity index (χ4v) is 3.66. The van der Waals surface area contributed by atoms with E-state index < -0.39 is 0 Å². The van der Waals surface area contributed by atoms with Gasteiger partial charge in [-0.15, -0.1) is 0 Å². The van der Waals surface area contributed by atoms with Gasteiger partial charge in [-0.05, 0) is 38.5 Å². The molecule has 0 aromatic carbocycles. The zero-order valence-electron chi connectivity index (χ0n) is 15.2. The van der Waals surface area contributed by atoms with Crippen molar-refractivity contribution in [2.75, 3.05) is 29.5 Å². The van der Waals surface area contributed by atoms with Gasteiger partial charge in [-0.3, -0.25) is 0 Å². The summed E-state index contributed by atoms with van der Waals surface area (Å²) in [5.74, 6) is 2.40. The van der Waals surface area contributed by atoms with Gasteiger partial charge in [0.1, 0.15) is 28.9 Å². The predicted molar refractivity (Wildman–Crippen MR) is 103 cm³/mol. The summed E-state index contributed by atoms with van der Waals surface area (Å²) < 4.78 is 5.87. The number of hydrogen-bond donors (Lipinski definition) is 3. The lowest BCUT2D eigenvalue weighted by Gasteiger charge is -2.36. The van der Waals surface area contributed by atoms with Crippen molar-refractivity contribution in [1.82, 2.24) is 19.9 Å². The van der Waals surface area contributed by atoms with Crippen LogP contribution in [-0.2, 0) is 4.74 Å². The van der Waals surface area contributed by atoms with Gasteiger partial charge in [0.15, 0.2) is 0 Å². The Morgan fingerprint density at radius 2 is 1.73 bits per heavy atom. The summed E-state index contributed by atoms with van der Waals surface area (Å²) in [6.07, 6.45) is 2.20. The summed E-state index contributed by atoms with van der Waals surface area (Å²) in [7, 11) is 0. The normalized spacial score (nSPS) is 20.7. The Balaban J connectivity index is 1.91. The summed E-state index contributed by atoms with van der Waals surface area (Å²) in [5.41, 5.74) is 14.4. The third kappa shape index (κ3) is 2.92. The van der Waals surface area contributed by atoms with Crippen molar-refractivity contribution in [2.24, 2.45) is 0 Å². The molecule has 4 rings (SSSR count). The quantitative estimate of drug-likeness (QED) is 0.645. The molecule has 26 heavy (non-hydrogen) atoms. The van der Waals surface area contributed by atoms with E-state index in [4.69, 9.17) is 21.2 Å².